The Balaban J connectivity index is 1.34. The molecular formula is C33H42N4O4. The minimum Gasteiger partial charge on any atom is -0.493 e. The Kier molecular flexibility index (Phi) is 11.6. The maximum Gasteiger partial charge on any atom is 0.261 e. The van der Waals surface area contributed by atoms with Crippen molar-refractivity contribution in [1.82, 2.24) is 20.5 Å². The summed E-state index contributed by atoms with van der Waals surface area (Å²) >= 11 is 0. The van der Waals surface area contributed by atoms with Gasteiger partial charge in [-0.15, -0.1) is 0 Å². The fraction of sp³-hybridized carbons (Fsp3) is 0.424. The summed E-state index contributed by atoms with van der Waals surface area (Å²) in [6.07, 6.45) is 7.93. The fourth-order valence-electron chi connectivity index (χ4n) is 4.92. The highest BCUT2D eigenvalue weighted by molar-refractivity contribution is 5.88. The Morgan fingerprint density at radius 3 is 2.56 bits per heavy atom. The quantitative estimate of drug-likeness (QED) is 0.281. The van der Waals surface area contributed by atoms with Gasteiger partial charge in [0.1, 0.15) is 17.5 Å². The highest BCUT2D eigenvalue weighted by Gasteiger charge is 2.31. The average Bonchev–Trinajstić information content (AvgIpc) is 3.21. The molecule has 1 fully saturated rings. The van der Waals surface area contributed by atoms with Crippen molar-refractivity contribution in [3.05, 3.63) is 89.2 Å². The number of carbonyl (C=O) groups is 2. The third-order valence-corrected chi connectivity index (χ3v) is 7.21. The molecule has 1 aromatic heterocycles. The largest absolute Gasteiger partial charge is 0.493 e. The summed E-state index contributed by atoms with van der Waals surface area (Å²) in [6, 6.07) is 17.2. The number of hydrogen-bond donors (Lipinski definition) is 2. The first kappa shape index (κ1) is 30.1. The number of nitrogens with zero attached hydrogens (tertiary/aromatic N) is 2. The van der Waals surface area contributed by atoms with E-state index in [-0.39, 0.29) is 18.4 Å². The molecule has 8 nitrogen and oxygen atoms in total. The molecule has 0 bridgehead atoms. The summed E-state index contributed by atoms with van der Waals surface area (Å²) in [7, 11) is 0. The van der Waals surface area contributed by atoms with Crippen LogP contribution in [0, 0.1) is 6.92 Å². The van der Waals surface area contributed by atoms with Crippen molar-refractivity contribution in [2.24, 2.45) is 0 Å². The summed E-state index contributed by atoms with van der Waals surface area (Å²) in [5, 5.41) is 6.42. The van der Waals surface area contributed by atoms with Crippen LogP contribution in [0.5, 0.6) is 11.5 Å². The highest BCUT2D eigenvalue weighted by Crippen LogP contribution is 2.23. The predicted octanol–water partition coefficient (Wildman–Crippen LogP) is 4.59. The van der Waals surface area contributed by atoms with Crippen molar-refractivity contribution >= 4 is 11.8 Å². The molecule has 1 unspecified atom stereocenters. The molecule has 4 rings (SSSR count). The number of pyridine rings is 1. The molecule has 41 heavy (non-hydrogen) atoms. The van der Waals surface area contributed by atoms with Gasteiger partial charge in [0.2, 0.25) is 5.91 Å². The topological polar surface area (TPSA) is 92.8 Å². The number of amides is 2. The first-order valence-electron chi connectivity index (χ1n) is 14.6. The molecule has 1 saturated heterocycles. The van der Waals surface area contributed by atoms with E-state index in [0.717, 1.165) is 61.2 Å². The molecule has 0 aliphatic carbocycles. The molecule has 2 N–H and O–H groups in total. The van der Waals surface area contributed by atoms with E-state index in [1.807, 2.05) is 73.9 Å². The minimum absolute atomic E-state index is 0.101. The van der Waals surface area contributed by atoms with Crippen molar-refractivity contribution in [3.63, 3.8) is 0 Å². The van der Waals surface area contributed by atoms with Crippen LogP contribution in [0.1, 0.15) is 54.9 Å². The summed E-state index contributed by atoms with van der Waals surface area (Å²) in [5.74, 6) is 1.16. The average molecular weight is 559 g/mol. The van der Waals surface area contributed by atoms with Crippen LogP contribution in [0.2, 0.25) is 0 Å². The van der Waals surface area contributed by atoms with E-state index in [4.69, 9.17) is 9.47 Å². The molecule has 1 atom stereocenters. The van der Waals surface area contributed by atoms with Crippen LogP contribution < -0.4 is 20.1 Å². The number of nitrogens with one attached hydrogen (secondary N) is 2. The molecule has 8 heteroatoms. The van der Waals surface area contributed by atoms with Crippen molar-refractivity contribution in [1.29, 1.82) is 0 Å². The zero-order valence-corrected chi connectivity index (χ0v) is 24.2. The Hall–Kier alpha value is -3.91. The molecule has 2 heterocycles. The van der Waals surface area contributed by atoms with Crippen LogP contribution in [0.3, 0.4) is 0 Å². The molecule has 2 amide bonds. The van der Waals surface area contributed by atoms with E-state index >= 15 is 0 Å². The van der Waals surface area contributed by atoms with E-state index in [1.165, 1.54) is 5.56 Å². The molecule has 0 radical (unpaired) electrons. The molecule has 2 aromatic carbocycles. The van der Waals surface area contributed by atoms with E-state index in [0.29, 0.717) is 31.9 Å². The first-order chi connectivity index (χ1) is 20.0. The third kappa shape index (κ3) is 9.32. The lowest BCUT2D eigenvalue weighted by molar-refractivity contribution is -0.142. The van der Waals surface area contributed by atoms with Crippen LogP contribution in [0.4, 0.5) is 0 Å². The Morgan fingerprint density at radius 1 is 1.02 bits per heavy atom. The first-order valence-corrected chi connectivity index (χ1v) is 14.6. The van der Waals surface area contributed by atoms with E-state index in [9.17, 15) is 9.59 Å². The standard InChI is InChI=1S/C33H42N4O4/c1-3-20-40-31-12-9-28(21-25(31)2)23-37(30-6-4-5-16-36-33(30)39)32(38)24-41-29-10-7-27(8-11-29)22-35-19-15-26-13-17-34-18-14-26/h7-14,17-18,21,30,35H,3-6,15-16,19-20,22-24H2,1-2H3,(H,36,39). The minimum atomic E-state index is -0.523. The molecule has 1 aliphatic rings. The zero-order chi connectivity index (χ0) is 28.9. The smallest absolute Gasteiger partial charge is 0.261 e. The number of aryl methyl sites for hydroxylation is 1. The van der Waals surface area contributed by atoms with Gasteiger partial charge < -0.3 is 25.0 Å². The Bertz CT molecular complexity index is 1250. The maximum atomic E-state index is 13.5. The number of benzene rings is 2. The van der Waals surface area contributed by atoms with Gasteiger partial charge in [-0.3, -0.25) is 14.6 Å². The van der Waals surface area contributed by atoms with Gasteiger partial charge in [-0.25, -0.2) is 0 Å². The second kappa shape index (κ2) is 15.8. The van der Waals surface area contributed by atoms with Crippen LogP contribution >= 0.6 is 0 Å². The van der Waals surface area contributed by atoms with Gasteiger partial charge in [0.15, 0.2) is 6.61 Å². The number of hydrogen-bond acceptors (Lipinski definition) is 6. The number of aromatic nitrogens is 1. The second-order valence-corrected chi connectivity index (χ2v) is 10.5. The van der Waals surface area contributed by atoms with Crippen LogP contribution in [0.15, 0.2) is 67.0 Å². The lowest BCUT2D eigenvalue weighted by Gasteiger charge is -2.30. The van der Waals surface area contributed by atoms with E-state index in [2.05, 4.69) is 22.5 Å². The fourth-order valence-corrected chi connectivity index (χ4v) is 4.92. The van der Waals surface area contributed by atoms with Crippen molar-refractivity contribution in [2.45, 2.75) is 65.1 Å². The third-order valence-electron chi connectivity index (χ3n) is 7.21. The van der Waals surface area contributed by atoms with Gasteiger partial charge in [0, 0.05) is 32.0 Å². The molecule has 0 spiro atoms. The molecule has 0 saturated carbocycles. The molecule has 3 aromatic rings. The second-order valence-electron chi connectivity index (χ2n) is 10.5. The lowest BCUT2D eigenvalue weighted by atomic mass is 10.1. The van der Waals surface area contributed by atoms with Crippen molar-refractivity contribution in [3.8, 4) is 11.5 Å². The van der Waals surface area contributed by atoms with Crippen LogP contribution in [-0.4, -0.2) is 54.0 Å². The normalized spacial score (nSPS) is 15.1. The van der Waals surface area contributed by atoms with Crippen LogP contribution in [-0.2, 0) is 29.1 Å². The van der Waals surface area contributed by atoms with Gasteiger partial charge in [0.25, 0.3) is 5.91 Å². The van der Waals surface area contributed by atoms with E-state index in [1.54, 1.807) is 4.90 Å². The Labute approximate surface area is 243 Å². The van der Waals surface area contributed by atoms with Gasteiger partial charge in [-0.1, -0.05) is 31.2 Å². The van der Waals surface area contributed by atoms with Gasteiger partial charge in [0.05, 0.1) is 6.61 Å². The zero-order valence-electron chi connectivity index (χ0n) is 24.2. The highest BCUT2D eigenvalue weighted by atomic mass is 16.5. The van der Waals surface area contributed by atoms with E-state index < -0.39 is 6.04 Å². The SMILES string of the molecule is CCCOc1ccc(CN(C(=O)COc2ccc(CNCCc3ccncc3)cc2)C2CCCCNC2=O)cc1C. The molecular weight excluding hydrogens is 516 g/mol. The molecule has 218 valence electrons. The predicted molar refractivity (Wildman–Crippen MR) is 160 cm³/mol. The van der Waals surface area contributed by atoms with Crippen LogP contribution in [0.25, 0.3) is 0 Å². The summed E-state index contributed by atoms with van der Waals surface area (Å²) in [4.78, 5) is 32.1. The summed E-state index contributed by atoms with van der Waals surface area (Å²) in [5.41, 5.74) is 4.36. The summed E-state index contributed by atoms with van der Waals surface area (Å²) < 4.78 is 11.7. The molecule has 1 aliphatic heterocycles. The van der Waals surface area contributed by atoms with Gasteiger partial charge in [-0.2, -0.15) is 0 Å². The van der Waals surface area contributed by atoms with Gasteiger partial charge in [-0.05, 0) is 98.2 Å². The van der Waals surface area contributed by atoms with Crippen molar-refractivity contribution < 1.29 is 19.1 Å². The monoisotopic (exact) mass is 558 g/mol. The lowest BCUT2D eigenvalue weighted by Crippen LogP contribution is -2.49. The number of rotatable bonds is 14. The number of carbonyl (C=O) groups excluding carboxylic acids is 2. The number of ether oxygens (including phenoxy) is 2. The summed E-state index contributed by atoms with van der Waals surface area (Å²) in [6.45, 7) is 7.19. The van der Waals surface area contributed by atoms with Crippen molar-refractivity contribution in [2.75, 3.05) is 26.3 Å². The maximum absolute atomic E-state index is 13.5. The van der Waals surface area contributed by atoms with Gasteiger partial charge >= 0.3 is 0 Å². The Morgan fingerprint density at radius 2 is 1.80 bits per heavy atom.